The molecule has 1 heterocycles. The van der Waals surface area contributed by atoms with Gasteiger partial charge in [0.15, 0.2) is 0 Å². The predicted octanol–water partition coefficient (Wildman–Crippen LogP) is 3.21. The van der Waals surface area contributed by atoms with Gasteiger partial charge in [0.25, 0.3) is 0 Å². The zero-order valence-corrected chi connectivity index (χ0v) is 11.0. The second kappa shape index (κ2) is 5.19. The summed E-state index contributed by atoms with van der Waals surface area (Å²) in [7, 11) is 0. The molecule has 2 rings (SSSR count). The van der Waals surface area contributed by atoms with Crippen molar-refractivity contribution in [2.75, 3.05) is 11.1 Å². The van der Waals surface area contributed by atoms with Crippen LogP contribution < -0.4 is 11.1 Å². The molecule has 3 nitrogen and oxygen atoms in total. The largest absolute Gasteiger partial charge is 0.399 e. The number of nitrogens with one attached hydrogen (secondary N) is 1. The Labute approximate surface area is 106 Å². The molecular weight excluding hydrogens is 230 g/mol. The van der Waals surface area contributed by atoms with E-state index >= 15 is 0 Å². The maximum absolute atomic E-state index is 5.72. The van der Waals surface area contributed by atoms with E-state index in [0.29, 0.717) is 0 Å². The first-order valence-corrected chi connectivity index (χ1v) is 6.54. The van der Waals surface area contributed by atoms with Crippen LogP contribution in [0.3, 0.4) is 0 Å². The minimum atomic E-state index is 0.773. The summed E-state index contributed by atoms with van der Waals surface area (Å²) in [5, 5.41) is 4.51. The number of rotatable bonds is 4. The van der Waals surface area contributed by atoms with E-state index in [4.69, 9.17) is 5.73 Å². The van der Waals surface area contributed by atoms with Gasteiger partial charge in [0, 0.05) is 22.4 Å². The molecule has 3 N–H and O–H groups in total. The minimum Gasteiger partial charge on any atom is -0.399 e. The van der Waals surface area contributed by atoms with Crippen LogP contribution in [0, 0.1) is 6.92 Å². The molecule has 0 saturated heterocycles. The topological polar surface area (TPSA) is 50.9 Å². The summed E-state index contributed by atoms with van der Waals surface area (Å²) in [6.45, 7) is 4.97. The molecule has 0 bridgehead atoms. The van der Waals surface area contributed by atoms with Crippen molar-refractivity contribution in [2.24, 2.45) is 0 Å². The normalized spacial score (nSPS) is 10.5. The van der Waals surface area contributed by atoms with Gasteiger partial charge < -0.3 is 11.1 Å². The molecule has 0 atom stereocenters. The number of nitrogen functional groups attached to an aromatic ring is 1. The monoisotopic (exact) mass is 247 g/mol. The standard InChI is InChI=1S/C13H17N3S/c1-3-11-7-16-13(17-11)8-15-12-5-4-10(14)6-9(12)2/h4-7,15H,3,8,14H2,1-2H3. The molecule has 17 heavy (non-hydrogen) atoms. The Hall–Kier alpha value is -1.55. The Balaban J connectivity index is 2.02. The van der Waals surface area contributed by atoms with Crippen molar-refractivity contribution in [3.05, 3.63) is 39.8 Å². The van der Waals surface area contributed by atoms with E-state index in [2.05, 4.69) is 24.1 Å². The van der Waals surface area contributed by atoms with E-state index in [0.717, 1.165) is 34.9 Å². The van der Waals surface area contributed by atoms with Crippen molar-refractivity contribution >= 4 is 22.7 Å². The van der Waals surface area contributed by atoms with Crippen molar-refractivity contribution in [1.82, 2.24) is 4.98 Å². The quantitative estimate of drug-likeness (QED) is 0.816. The van der Waals surface area contributed by atoms with Gasteiger partial charge >= 0.3 is 0 Å². The Bertz CT molecular complexity index is 505. The molecular formula is C13H17N3S. The summed E-state index contributed by atoms with van der Waals surface area (Å²) >= 11 is 1.76. The van der Waals surface area contributed by atoms with Gasteiger partial charge in [-0.15, -0.1) is 11.3 Å². The Morgan fingerprint density at radius 3 is 2.88 bits per heavy atom. The second-order valence-electron chi connectivity index (χ2n) is 4.00. The summed E-state index contributed by atoms with van der Waals surface area (Å²) in [6.07, 6.45) is 3.01. The van der Waals surface area contributed by atoms with E-state index < -0.39 is 0 Å². The van der Waals surface area contributed by atoms with Gasteiger partial charge in [0.2, 0.25) is 0 Å². The smallest absolute Gasteiger partial charge is 0.112 e. The van der Waals surface area contributed by atoms with Crippen LogP contribution >= 0.6 is 11.3 Å². The van der Waals surface area contributed by atoms with Crippen LogP contribution in [-0.4, -0.2) is 4.98 Å². The lowest BCUT2D eigenvalue weighted by molar-refractivity contribution is 1.09. The van der Waals surface area contributed by atoms with Gasteiger partial charge in [-0.3, -0.25) is 0 Å². The molecule has 0 aliphatic heterocycles. The molecule has 1 aromatic heterocycles. The molecule has 4 heteroatoms. The fraction of sp³-hybridized carbons (Fsp3) is 0.308. The molecule has 0 aliphatic carbocycles. The zero-order valence-electron chi connectivity index (χ0n) is 10.2. The van der Waals surface area contributed by atoms with Gasteiger partial charge in [-0.05, 0) is 37.1 Å². The first-order valence-electron chi connectivity index (χ1n) is 5.72. The van der Waals surface area contributed by atoms with E-state index in [-0.39, 0.29) is 0 Å². The number of aryl methyl sites for hydroxylation is 2. The average molecular weight is 247 g/mol. The summed E-state index contributed by atoms with van der Waals surface area (Å²) in [4.78, 5) is 5.71. The number of nitrogens with zero attached hydrogens (tertiary/aromatic N) is 1. The van der Waals surface area contributed by atoms with Gasteiger partial charge in [0.1, 0.15) is 5.01 Å². The minimum absolute atomic E-state index is 0.773. The van der Waals surface area contributed by atoms with Crippen LogP contribution in [0.25, 0.3) is 0 Å². The summed E-state index contributed by atoms with van der Waals surface area (Å²) in [5.74, 6) is 0. The number of aromatic nitrogens is 1. The fourth-order valence-electron chi connectivity index (χ4n) is 1.65. The lowest BCUT2D eigenvalue weighted by Gasteiger charge is -2.08. The number of benzene rings is 1. The molecule has 0 amide bonds. The molecule has 0 unspecified atom stereocenters. The first-order chi connectivity index (χ1) is 8.19. The lowest BCUT2D eigenvalue weighted by atomic mass is 10.2. The van der Waals surface area contributed by atoms with Crippen LogP contribution in [0.15, 0.2) is 24.4 Å². The third-order valence-electron chi connectivity index (χ3n) is 2.63. The van der Waals surface area contributed by atoms with Crippen molar-refractivity contribution < 1.29 is 0 Å². The van der Waals surface area contributed by atoms with Crippen LogP contribution in [-0.2, 0) is 13.0 Å². The molecule has 0 spiro atoms. The van der Waals surface area contributed by atoms with E-state index in [1.807, 2.05) is 24.4 Å². The molecule has 90 valence electrons. The summed E-state index contributed by atoms with van der Waals surface area (Å²) < 4.78 is 0. The van der Waals surface area contributed by atoms with Gasteiger partial charge in [0.05, 0.1) is 6.54 Å². The van der Waals surface area contributed by atoms with Gasteiger partial charge in [-0.2, -0.15) is 0 Å². The van der Waals surface area contributed by atoms with E-state index in [1.54, 1.807) is 11.3 Å². The van der Waals surface area contributed by atoms with Crippen LogP contribution in [0.5, 0.6) is 0 Å². The highest BCUT2D eigenvalue weighted by atomic mass is 32.1. The van der Waals surface area contributed by atoms with Crippen molar-refractivity contribution in [1.29, 1.82) is 0 Å². The summed E-state index contributed by atoms with van der Waals surface area (Å²) in [6, 6.07) is 5.90. The number of hydrogen-bond donors (Lipinski definition) is 2. The molecule has 0 aliphatic rings. The van der Waals surface area contributed by atoms with Crippen LogP contribution in [0.1, 0.15) is 22.4 Å². The van der Waals surface area contributed by atoms with E-state index in [1.165, 1.54) is 4.88 Å². The summed E-state index contributed by atoms with van der Waals surface area (Å²) in [5.41, 5.74) is 8.80. The molecule has 0 radical (unpaired) electrons. The van der Waals surface area contributed by atoms with Crippen molar-refractivity contribution in [2.45, 2.75) is 26.8 Å². The number of anilines is 2. The third-order valence-corrected chi connectivity index (χ3v) is 3.77. The Morgan fingerprint density at radius 2 is 2.24 bits per heavy atom. The van der Waals surface area contributed by atoms with Crippen LogP contribution in [0.4, 0.5) is 11.4 Å². The molecule has 0 saturated carbocycles. The SMILES string of the molecule is CCc1cnc(CNc2ccc(N)cc2C)s1. The maximum atomic E-state index is 5.72. The highest BCUT2D eigenvalue weighted by molar-refractivity contribution is 7.11. The van der Waals surface area contributed by atoms with Crippen molar-refractivity contribution in [3.8, 4) is 0 Å². The van der Waals surface area contributed by atoms with Crippen LogP contribution in [0.2, 0.25) is 0 Å². The molecule has 1 aromatic carbocycles. The molecule has 2 aromatic rings. The first kappa shape index (κ1) is 11.9. The Morgan fingerprint density at radius 1 is 1.41 bits per heavy atom. The van der Waals surface area contributed by atoms with Crippen molar-refractivity contribution in [3.63, 3.8) is 0 Å². The lowest BCUT2D eigenvalue weighted by Crippen LogP contribution is -2.00. The fourth-order valence-corrected chi connectivity index (χ4v) is 2.45. The third kappa shape index (κ3) is 2.97. The van der Waals surface area contributed by atoms with Gasteiger partial charge in [-0.1, -0.05) is 6.92 Å². The maximum Gasteiger partial charge on any atom is 0.112 e. The Kier molecular flexibility index (Phi) is 3.64. The number of hydrogen-bond acceptors (Lipinski definition) is 4. The highest BCUT2D eigenvalue weighted by Gasteiger charge is 2.02. The average Bonchev–Trinajstić information content (AvgIpc) is 2.76. The molecule has 0 fully saturated rings. The number of thiazole rings is 1. The second-order valence-corrected chi connectivity index (χ2v) is 5.20. The zero-order chi connectivity index (χ0) is 12.3. The number of nitrogens with two attached hydrogens (primary N) is 1. The van der Waals surface area contributed by atoms with E-state index in [9.17, 15) is 0 Å². The van der Waals surface area contributed by atoms with Gasteiger partial charge in [-0.25, -0.2) is 4.98 Å². The highest BCUT2D eigenvalue weighted by Crippen LogP contribution is 2.20. The predicted molar refractivity (Wildman–Crippen MR) is 74.4 cm³/mol.